The van der Waals surface area contributed by atoms with Gasteiger partial charge in [-0.05, 0) is 55.0 Å². The number of ether oxygens (including phenoxy) is 3. The number of carbonyl (C=O) groups excluding carboxylic acids is 4. The Balaban J connectivity index is 1.61. The summed E-state index contributed by atoms with van der Waals surface area (Å²) in [5.74, 6) is -1.75. The predicted molar refractivity (Wildman–Crippen MR) is 116 cm³/mol. The van der Waals surface area contributed by atoms with Gasteiger partial charge >= 0.3 is 0 Å². The number of rotatable bonds is 8. The lowest BCUT2D eigenvalue weighted by Crippen LogP contribution is -2.44. The molecule has 2 aliphatic rings. The van der Waals surface area contributed by atoms with Crippen LogP contribution in [0.1, 0.15) is 18.9 Å². The standard InChI is InChI=1S/C24H22N2O8/c1-2-32-17-6-4-16(5-7-17)26-22(28)12-18(24(26)31)25(21(27)9-10-23(29)30)13-15-3-8-19-20(11-15)34-14-33-19/h3-11,18H,2,12-14H2,1H3,(H,29,30)/p-1. The van der Waals surface area contributed by atoms with E-state index < -0.39 is 29.7 Å². The number of fused-ring (bicyclic) bond motifs is 1. The Hall–Kier alpha value is -4.34. The fourth-order valence-corrected chi connectivity index (χ4v) is 3.80. The van der Waals surface area contributed by atoms with E-state index in [4.69, 9.17) is 14.2 Å². The third-order valence-electron chi connectivity index (χ3n) is 5.34. The van der Waals surface area contributed by atoms with E-state index in [1.807, 2.05) is 6.92 Å². The molecule has 34 heavy (non-hydrogen) atoms. The normalized spacial score (nSPS) is 16.9. The number of carboxylic acid groups (broad SMARTS) is 1. The van der Waals surface area contributed by atoms with Gasteiger partial charge in [0.1, 0.15) is 11.8 Å². The number of hydrogen-bond acceptors (Lipinski definition) is 8. The van der Waals surface area contributed by atoms with Crippen molar-refractivity contribution in [2.75, 3.05) is 18.3 Å². The number of aliphatic carboxylic acids is 1. The van der Waals surface area contributed by atoms with Crippen molar-refractivity contribution >= 4 is 29.4 Å². The van der Waals surface area contributed by atoms with Crippen LogP contribution < -0.4 is 24.2 Å². The van der Waals surface area contributed by atoms with Crippen LogP contribution in [0.4, 0.5) is 5.69 Å². The highest BCUT2D eigenvalue weighted by molar-refractivity contribution is 6.23. The van der Waals surface area contributed by atoms with Crippen LogP contribution in [0.3, 0.4) is 0 Å². The van der Waals surface area contributed by atoms with E-state index >= 15 is 0 Å². The van der Waals surface area contributed by atoms with E-state index in [1.165, 1.54) is 0 Å². The lowest BCUT2D eigenvalue weighted by atomic mass is 10.1. The highest BCUT2D eigenvalue weighted by Gasteiger charge is 2.44. The zero-order chi connectivity index (χ0) is 24.2. The molecule has 0 radical (unpaired) electrons. The minimum Gasteiger partial charge on any atom is -0.545 e. The molecular formula is C24H21N2O8-. The van der Waals surface area contributed by atoms with E-state index in [9.17, 15) is 24.3 Å². The lowest BCUT2D eigenvalue weighted by Gasteiger charge is -2.27. The smallest absolute Gasteiger partial charge is 0.257 e. The molecule has 0 bridgehead atoms. The number of imide groups is 1. The predicted octanol–water partition coefficient (Wildman–Crippen LogP) is 0.781. The molecule has 1 unspecified atom stereocenters. The van der Waals surface area contributed by atoms with E-state index in [1.54, 1.807) is 42.5 Å². The summed E-state index contributed by atoms with van der Waals surface area (Å²) in [6, 6.07) is 10.4. The van der Waals surface area contributed by atoms with Crippen molar-refractivity contribution in [3.8, 4) is 17.2 Å². The van der Waals surface area contributed by atoms with Gasteiger partial charge in [-0.25, -0.2) is 4.90 Å². The Morgan fingerprint density at radius 2 is 1.85 bits per heavy atom. The average molecular weight is 465 g/mol. The molecule has 1 atom stereocenters. The Labute approximate surface area is 194 Å². The number of amides is 3. The van der Waals surface area contributed by atoms with Crippen molar-refractivity contribution in [2.45, 2.75) is 25.9 Å². The molecule has 176 valence electrons. The largest absolute Gasteiger partial charge is 0.545 e. The van der Waals surface area contributed by atoms with Gasteiger partial charge in [-0.2, -0.15) is 0 Å². The molecule has 0 saturated carbocycles. The van der Waals surface area contributed by atoms with Gasteiger partial charge in [0.2, 0.25) is 18.6 Å². The summed E-state index contributed by atoms with van der Waals surface area (Å²) in [6.45, 7) is 2.32. The fraction of sp³-hybridized carbons (Fsp3) is 0.250. The van der Waals surface area contributed by atoms with Gasteiger partial charge < -0.3 is 29.0 Å². The van der Waals surface area contributed by atoms with Crippen LogP contribution in [0.15, 0.2) is 54.6 Å². The summed E-state index contributed by atoms with van der Waals surface area (Å²) in [5.41, 5.74) is 0.959. The van der Waals surface area contributed by atoms with Crippen molar-refractivity contribution < 1.29 is 38.5 Å². The summed E-state index contributed by atoms with van der Waals surface area (Å²) in [4.78, 5) is 51.9. The number of anilines is 1. The zero-order valence-corrected chi connectivity index (χ0v) is 18.3. The Bertz CT molecular complexity index is 1160. The minimum atomic E-state index is -1.55. The number of nitrogens with zero attached hydrogens (tertiary/aromatic N) is 2. The van der Waals surface area contributed by atoms with Crippen LogP contribution in [-0.4, -0.2) is 48.0 Å². The molecule has 4 rings (SSSR count). The second-order valence-electron chi connectivity index (χ2n) is 7.52. The first-order valence-corrected chi connectivity index (χ1v) is 10.5. The first kappa shape index (κ1) is 22.8. The quantitative estimate of drug-likeness (QED) is 0.414. The Morgan fingerprint density at radius 1 is 1.12 bits per heavy atom. The molecule has 0 aromatic heterocycles. The van der Waals surface area contributed by atoms with Crippen molar-refractivity contribution in [3.63, 3.8) is 0 Å². The van der Waals surface area contributed by atoms with E-state index in [0.29, 0.717) is 41.2 Å². The molecule has 1 fully saturated rings. The monoisotopic (exact) mass is 465 g/mol. The Kier molecular flexibility index (Phi) is 6.48. The molecular weight excluding hydrogens is 444 g/mol. The summed E-state index contributed by atoms with van der Waals surface area (Å²) < 4.78 is 16.0. The highest BCUT2D eigenvalue weighted by atomic mass is 16.7. The van der Waals surface area contributed by atoms with Crippen molar-refractivity contribution in [1.82, 2.24) is 4.90 Å². The third-order valence-corrected chi connectivity index (χ3v) is 5.34. The van der Waals surface area contributed by atoms with Crippen LogP contribution >= 0.6 is 0 Å². The van der Waals surface area contributed by atoms with Gasteiger partial charge in [0.25, 0.3) is 5.91 Å². The number of carbonyl (C=O) groups is 4. The van der Waals surface area contributed by atoms with Crippen molar-refractivity contribution in [3.05, 3.63) is 60.2 Å². The average Bonchev–Trinajstić information content (AvgIpc) is 3.40. The molecule has 2 aromatic carbocycles. The Morgan fingerprint density at radius 3 is 2.56 bits per heavy atom. The second-order valence-corrected chi connectivity index (χ2v) is 7.52. The maximum absolute atomic E-state index is 13.3. The maximum atomic E-state index is 13.3. The van der Waals surface area contributed by atoms with E-state index in [0.717, 1.165) is 15.9 Å². The van der Waals surface area contributed by atoms with Crippen molar-refractivity contribution in [1.29, 1.82) is 0 Å². The van der Waals surface area contributed by atoms with Gasteiger partial charge in [-0.3, -0.25) is 14.4 Å². The molecule has 0 aliphatic carbocycles. The van der Waals surface area contributed by atoms with E-state index in [-0.39, 0.29) is 19.8 Å². The number of hydrogen-bond donors (Lipinski definition) is 0. The molecule has 10 heteroatoms. The first-order chi connectivity index (χ1) is 16.4. The fourth-order valence-electron chi connectivity index (χ4n) is 3.80. The van der Waals surface area contributed by atoms with Crippen LogP contribution in [-0.2, 0) is 25.7 Å². The molecule has 10 nitrogen and oxygen atoms in total. The SMILES string of the molecule is CCOc1ccc(N2C(=O)CC(N(Cc3ccc4c(c3)OCO4)C(=O)C=CC(=O)[O-])C2=O)cc1. The van der Waals surface area contributed by atoms with Crippen LogP contribution in [0.5, 0.6) is 17.2 Å². The summed E-state index contributed by atoms with van der Waals surface area (Å²) in [7, 11) is 0. The molecule has 0 spiro atoms. The maximum Gasteiger partial charge on any atom is 0.257 e. The molecule has 2 aliphatic heterocycles. The van der Waals surface area contributed by atoms with Crippen LogP contribution in [0.25, 0.3) is 0 Å². The topological polar surface area (TPSA) is 126 Å². The number of benzene rings is 2. The molecule has 1 saturated heterocycles. The van der Waals surface area contributed by atoms with Gasteiger partial charge in [0.05, 0.1) is 24.7 Å². The minimum absolute atomic E-state index is 0.0618. The van der Waals surface area contributed by atoms with Gasteiger partial charge in [0, 0.05) is 12.6 Å². The van der Waals surface area contributed by atoms with Gasteiger partial charge in [-0.1, -0.05) is 6.07 Å². The summed E-state index contributed by atoms with van der Waals surface area (Å²) >= 11 is 0. The third kappa shape index (κ3) is 4.70. The molecule has 3 amide bonds. The first-order valence-electron chi connectivity index (χ1n) is 10.5. The second kappa shape index (κ2) is 9.65. The summed E-state index contributed by atoms with van der Waals surface area (Å²) in [5, 5.41) is 10.8. The zero-order valence-electron chi connectivity index (χ0n) is 18.3. The molecule has 2 heterocycles. The van der Waals surface area contributed by atoms with Crippen molar-refractivity contribution in [2.24, 2.45) is 0 Å². The molecule has 0 N–H and O–H groups in total. The van der Waals surface area contributed by atoms with Gasteiger partial charge in [0.15, 0.2) is 11.5 Å². The van der Waals surface area contributed by atoms with Crippen LogP contribution in [0, 0.1) is 0 Å². The van der Waals surface area contributed by atoms with Crippen LogP contribution in [0.2, 0.25) is 0 Å². The lowest BCUT2D eigenvalue weighted by molar-refractivity contribution is -0.297. The number of carboxylic acids is 1. The summed E-state index contributed by atoms with van der Waals surface area (Å²) in [6.07, 6.45) is 1.14. The highest BCUT2D eigenvalue weighted by Crippen LogP contribution is 2.34. The molecule has 2 aromatic rings. The van der Waals surface area contributed by atoms with Gasteiger partial charge in [-0.15, -0.1) is 0 Å². The van der Waals surface area contributed by atoms with E-state index in [2.05, 4.69) is 0 Å².